The summed E-state index contributed by atoms with van der Waals surface area (Å²) >= 11 is 0. The van der Waals surface area contributed by atoms with Gasteiger partial charge in [0, 0.05) is 31.0 Å². The van der Waals surface area contributed by atoms with Crippen molar-refractivity contribution in [1.82, 2.24) is 10.2 Å². The quantitative estimate of drug-likeness (QED) is 0.725. The van der Waals surface area contributed by atoms with Crippen LogP contribution < -0.4 is 5.32 Å². The van der Waals surface area contributed by atoms with Crippen molar-refractivity contribution in [2.45, 2.75) is 97.6 Å². The first-order chi connectivity index (χ1) is 13.0. The van der Waals surface area contributed by atoms with Gasteiger partial charge in [0.1, 0.15) is 0 Å². The van der Waals surface area contributed by atoms with Gasteiger partial charge in [-0.3, -0.25) is 9.59 Å². The number of carbonyl (C=O) groups excluding carboxylic acids is 2. The molecule has 0 radical (unpaired) electrons. The van der Waals surface area contributed by atoms with Crippen molar-refractivity contribution in [3.05, 3.63) is 0 Å². The van der Waals surface area contributed by atoms with Crippen LogP contribution in [0.2, 0.25) is 0 Å². The highest BCUT2D eigenvalue weighted by Gasteiger charge is 2.62. The zero-order valence-corrected chi connectivity index (χ0v) is 18.8. The van der Waals surface area contributed by atoms with E-state index in [1.807, 2.05) is 7.05 Å². The maximum atomic E-state index is 13.1. The highest BCUT2D eigenvalue weighted by molar-refractivity contribution is 5.80. The molecule has 0 aromatic rings. The average molecular weight is 389 g/mol. The first-order valence-electron chi connectivity index (χ1n) is 11.5. The second kappa shape index (κ2) is 6.47. The Morgan fingerprint density at radius 1 is 1.00 bits per heavy atom. The molecular weight excluding hydrogens is 348 g/mol. The number of nitrogens with zero attached hydrogens (tertiary/aromatic N) is 1. The minimum absolute atomic E-state index is 0.149. The van der Waals surface area contributed by atoms with Crippen LogP contribution in [0.1, 0.15) is 86.0 Å². The number of fused-ring (bicyclic) bond motifs is 5. The summed E-state index contributed by atoms with van der Waals surface area (Å²) in [6.07, 6.45) is 8.79. The van der Waals surface area contributed by atoms with Gasteiger partial charge in [0.05, 0.1) is 0 Å². The Balaban J connectivity index is 1.57. The second-order valence-electron chi connectivity index (χ2n) is 11.9. The third-order valence-electron chi connectivity index (χ3n) is 9.37. The third kappa shape index (κ3) is 2.92. The van der Waals surface area contributed by atoms with Gasteiger partial charge in [-0.2, -0.15) is 0 Å². The summed E-state index contributed by atoms with van der Waals surface area (Å²) in [6.45, 7) is 11.1. The van der Waals surface area contributed by atoms with E-state index in [9.17, 15) is 9.59 Å². The third-order valence-corrected chi connectivity index (χ3v) is 9.37. The predicted molar refractivity (Wildman–Crippen MR) is 112 cm³/mol. The maximum absolute atomic E-state index is 13.1. The van der Waals surface area contributed by atoms with Crippen molar-refractivity contribution >= 4 is 11.8 Å². The Kier molecular flexibility index (Phi) is 4.67. The Morgan fingerprint density at radius 2 is 1.68 bits per heavy atom. The molecule has 4 rings (SSSR count). The van der Waals surface area contributed by atoms with Crippen LogP contribution in [0.4, 0.5) is 0 Å². The van der Waals surface area contributed by atoms with Gasteiger partial charge in [0.25, 0.3) is 0 Å². The van der Waals surface area contributed by atoms with Crippen LogP contribution in [-0.4, -0.2) is 35.3 Å². The van der Waals surface area contributed by atoms with Crippen LogP contribution in [0.5, 0.6) is 0 Å². The van der Waals surface area contributed by atoms with Crippen LogP contribution in [0.25, 0.3) is 0 Å². The van der Waals surface area contributed by atoms with Crippen molar-refractivity contribution in [1.29, 1.82) is 0 Å². The van der Waals surface area contributed by atoms with Crippen molar-refractivity contribution in [2.24, 2.45) is 34.5 Å². The number of piperidine rings is 1. The number of amides is 2. The van der Waals surface area contributed by atoms with E-state index in [0.29, 0.717) is 30.2 Å². The largest absolute Gasteiger partial charge is 0.351 e. The Hall–Kier alpha value is -1.06. The molecular formula is C24H40N2O2. The van der Waals surface area contributed by atoms with E-state index < -0.39 is 0 Å². The predicted octanol–water partition coefficient (Wildman–Crippen LogP) is 4.38. The van der Waals surface area contributed by atoms with E-state index in [1.165, 1.54) is 25.7 Å². The molecule has 2 amide bonds. The fourth-order valence-electron chi connectivity index (χ4n) is 8.04. The summed E-state index contributed by atoms with van der Waals surface area (Å²) in [5.41, 5.74) is 0.252. The van der Waals surface area contributed by atoms with Crippen molar-refractivity contribution in [3.8, 4) is 0 Å². The Morgan fingerprint density at radius 3 is 2.36 bits per heavy atom. The van der Waals surface area contributed by atoms with Crippen LogP contribution >= 0.6 is 0 Å². The fraction of sp³-hybridized carbons (Fsp3) is 0.917. The molecule has 28 heavy (non-hydrogen) atoms. The fourth-order valence-corrected chi connectivity index (χ4v) is 8.04. The van der Waals surface area contributed by atoms with E-state index in [1.54, 1.807) is 0 Å². The Bertz CT molecular complexity index is 668. The molecule has 7 atom stereocenters. The highest BCUT2D eigenvalue weighted by atomic mass is 16.2. The van der Waals surface area contributed by atoms with Crippen molar-refractivity contribution in [2.75, 3.05) is 7.05 Å². The van der Waals surface area contributed by atoms with Gasteiger partial charge >= 0.3 is 0 Å². The molecule has 0 aromatic carbocycles. The molecule has 0 bridgehead atoms. The molecule has 4 heteroatoms. The number of hydrogen-bond acceptors (Lipinski definition) is 2. The van der Waals surface area contributed by atoms with E-state index in [-0.39, 0.29) is 28.2 Å². The molecule has 0 spiro atoms. The topological polar surface area (TPSA) is 49.4 Å². The zero-order chi connectivity index (χ0) is 20.5. The van der Waals surface area contributed by atoms with Gasteiger partial charge in [-0.1, -0.05) is 13.8 Å². The average Bonchev–Trinajstić information content (AvgIpc) is 2.94. The molecule has 4 nitrogen and oxygen atoms in total. The van der Waals surface area contributed by atoms with Gasteiger partial charge in [0.2, 0.25) is 11.8 Å². The standard InChI is InChI=1S/C24H40N2O2/c1-22(2,3)25-21(28)18-9-8-16-15-7-10-19-24(5,14-12-20(27)26(19)6)17(15)11-13-23(16,18)4/h15-19H,7-14H2,1-6H3,(H,25,28)/t15-,16-,17-,18+,19+,23-,24+/m0/s1. The lowest BCUT2D eigenvalue weighted by atomic mass is 9.47. The first-order valence-corrected chi connectivity index (χ1v) is 11.5. The molecule has 3 aliphatic carbocycles. The zero-order valence-electron chi connectivity index (χ0n) is 18.8. The van der Waals surface area contributed by atoms with Gasteiger partial charge in [-0.15, -0.1) is 0 Å². The van der Waals surface area contributed by atoms with E-state index >= 15 is 0 Å². The SMILES string of the molecule is CN1C(=O)CC[C@]2(C)[C@H]3CC[C@]4(C)[C@@H](C(=O)NC(C)(C)C)CC[C@H]4[C@@H]3CC[C@@H]12. The molecule has 0 aromatic heterocycles. The minimum Gasteiger partial charge on any atom is -0.351 e. The normalized spacial score (nSPS) is 45.9. The van der Waals surface area contributed by atoms with Crippen molar-refractivity contribution < 1.29 is 9.59 Å². The van der Waals surface area contributed by atoms with Crippen LogP contribution in [-0.2, 0) is 9.59 Å². The molecule has 4 fully saturated rings. The van der Waals surface area contributed by atoms with Gasteiger partial charge < -0.3 is 10.2 Å². The summed E-state index contributed by atoms with van der Waals surface area (Å²) in [6, 6.07) is 0.417. The van der Waals surface area contributed by atoms with Crippen molar-refractivity contribution in [3.63, 3.8) is 0 Å². The molecule has 1 aliphatic heterocycles. The lowest BCUT2D eigenvalue weighted by molar-refractivity contribution is -0.159. The molecule has 1 N–H and O–H groups in total. The van der Waals surface area contributed by atoms with Gasteiger partial charge in [0.15, 0.2) is 0 Å². The van der Waals surface area contributed by atoms with Crippen LogP contribution in [0.15, 0.2) is 0 Å². The molecule has 1 heterocycles. The number of nitrogens with one attached hydrogen (secondary N) is 1. The second-order valence-corrected chi connectivity index (χ2v) is 11.9. The molecule has 1 saturated heterocycles. The Labute approximate surface area is 171 Å². The molecule has 4 aliphatic rings. The monoisotopic (exact) mass is 388 g/mol. The highest BCUT2D eigenvalue weighted by Crippen LogP contribution is 2.66. The first kappa shape index (κ1) is 20.2. The van der Waals surface area contributed by atoms with Crippen LogP contribution in [0.3, 0.4) is 0 Å². The number of rotatable bonds is 1. The van der Waals surface area contributed by atoms with E-state index in [2.05, 4.69) is 44.8 Å². The lowest BCUT2D eigenvalue weighted by Crippen LogP contribution is -2.61. The summed E-state index contributed by atoms with van der Waals surface area (Å²) < 4.78 is 0. The number of carbonyl (C=O) groups is 2. The summed E-state index contributed by atoms with van der Waals surface area (Å²) in [4.78, 5) is 27.5. The van der Waals surface area contributed by atoms with Gasteiger partial charge in [-0.05, 0) is 94.3 Å². The molecule has 3 saturated carbocycles. The van der Waals surface area contributed by atoms with Gasteiger partial charge in [-0.25, -0.2) is 0 Å². The molecule has 158 valence electrons. The summed E-state index contributed by atoms with van der Waals surface area (Å²) in [5.74, 6) is 2.89. The van der Waals surface area contributed by atoms with Crippen LogP contribution in [0, 0.1) is 34.5 Å². The number of hydrogen-bond donors (Lipinski definition) is 1. The summed E-state index contributed by atoms with van der Waals surface area (Å²) in [7, 11) is 2.03. The number of likely N-dealkylation sites (tertiary alicyclic amines) is 1. The smallest absolute Gasteiger partial charge is 0.224 e. The molecule has 0 unspecified atom stereocenters. The minimum atomic E-state index is -0.159. The maximum Gasteiger partial charge on any atom is 0.224 e. The lowest BCUT2D eigenvalue weighted by Gasteiger charge is -2.61. The summed E-state index contributed by atoms with van der Waals surface area (Å²) in [5, 5.41) is 3.27. The van der Waals surface area contributed by atoms with E-state index in [0.717, 1.165) is 25.2 Å². The van der Waals surface area contributed by atoms with E-state index in [4.69, 9.17) is 0 Å².